The summed E-state index contributed by atoms with van der Waals surface area (Å²) in [6, 6.07) is 20.6. The SMILES string of the molecule is Cc1cnn(-c2ccccc2)c1C(=O)NC1CCN(Cc2ccccc2)CC1. The third-order valence-electron chi connectivity index (χ3n) is 5.34. The molecule has 2 aromatic carbocycles. The minimum atomic E-state index is -0.0413. The molecule has 1 amide bonds. The largest absolute Gasteiger partial charge is 0.348 e. The first-order chi connectivity index (χ1) is 13.7. The number of amides is 1. The summed E-state index contributed by atoms with van der Waals surface area (Å²) in [5.74, 6) is -0.0413. The lowest BCUT2D eigenvalue weighted by Crippen LogP contribution is -2.44. The molecule has 5 heteroatoms. The Bertz CT molecular complexity index is 912. The topological polar surface area (TPSA) is 50.2 Å². The van der Waals surface area contributed by atoms with Crippen molar-refractivity contribution in [1.82, 2.24) is 20.0 Å². The first-order valence-corrected chi connectivity index (χ1v) is 9.88. The van der Waals surface area contributed by atoms with E-state index in [1.807, 2.05) is 43.3 Å². The summed E-state index contributed by atoms with van der Waals surface area (Å²) in [4.78, 5) is 15.4. The number of piperidine rings is 1. The molecule has 28 heavy (non-hydrogen) atoms. The van der Waals surface area contributed by atoms with Crippen LogP contribution in [0.1, 0.15) is 34.5 Å². The molecule has 0 saturated carbocycles. The molecule has 0 unspecified atom stereocenters. The number of aromatic nitrogens is 2. The van der Waals surface area contributed by atoms with Crippen LogP contribution in [0, 0.1) is 6.92 Å². The zero-order valence-electron chi connectivity index (χ0n) is 16.2. The molecule has 0 bridgehead atoms. The molecule has 144 valence electrons. The van der Waals surface area contributed by atoms with Gasteiger partial charge in [0.15, 0.2) is 0 Å². The second-order valence-electron chi connectivity index (χ2n) is 7.43. The monoisotopic (exact) mass is 374 g/mol. The van der Waals surface area contributed by atoms with Gasteiger partial charge in [-0.2, -0.15) is 5.10 Å². The fraction of sp³-hybridized carbons (Fsp3) is 0.304. The fourth-order valence-electron chi connectivity index (χ4n) is 3.80. The standard InChI is InChI=1S/C23H26N4O/c1-18-16-24-27(21-10-6-3-7-11-21)22(18)23(28)25-20-12-14-26(15-13-20)17-19-8-4-2-5-9-19/h2-11,16,20H,12-15,17H2,1H3,(H,25,28). The predicted octanol–water partition coefficient (Wildman–Crippen LogP) is 3.58. The number of rotatable bonds is 5. The van der Waals surface area contributed by atoms with Gasteiger partial charge in [0.2, 0.25) is 0 Å². The van der Waals surface area contributed by atoms with Crippen LogP contribution >= 0.6 is 0 Å². The Morgan fingerprint density at radius 2 is 1.68 bits per heavy atom. The molecule has 5 nitrogen and oxygen atoms in total. The first-order valence-electron chi connectivity index (χ1n) is 9.88. The van der Waals surface area contributed by atoms with Crippen molar-refractivity contribution in [3.8, 4) is 5.69 Å². The lowest BCUT2D eigenvalue weighted by molar-refractivity contribution is 0.0900. The van der Waals surface area contributed by atoms with Crippen LogP contribution in [0.25, 0.3) is 5.69 Å². The van der Waals surface area contributed by atoms with E-state index in [1.165, 1.54) is 5.56 Å². The van der Waals surface area contributed by atoms with E-state index in [9.17, 15) is 4.79 Å². The molecule has 0 spiro atoms. The molecule has 1 fully saturated rings. The molecule has 0 atom stereocenters. The Morgan fingerprint density at radius 3 is 2.36 bits per heavy atom. The molecule has 1 saturated heterocycles. The zero-order valence-corrected chi connectivity index (χ0v) is 16.2. The number of likely N-dealkylation sites (tertiary alicyclic amines) is 1. The van der Waals surface area contributed by atoms with Crippen molar-refractivity contribution in [3.05, 3.63) is 83.7 Å². The lowest BCUT2D eigenvalue weighted by Gasteiger charge is -2.32. The van der Waals surface area contributed by atoms with E-state index in [0.717, 1.165) is 43.7 Å². The van der Waals surface area contributed by atoms with Crippen LogP contribution in [-0.4, -0.2) is 39.7 Å². The summed E-state index contributed by atoms with van der Waals surface area (Å²) in [6.45, 7) is 4.90. The van der Waals surface area contributed by atoms with Gasteiger partial charge in [-0.25, -0.2) is 4.68 Å². The van der Waals surface area contributed by atoms with Gasteiger partial charge in [0.25, 0.3) is 5.91 Å². The first kappa shape index (κ1) is 18.4. The Labute approximate surface area is 166 Å². The van der Waals surface area contributed by atoms with Crippen molar-refractivity contribution in [2.45, 2.75) is 32.4 Å². The predicted molar refractivity (Wildman–Crippen MR) is 111 cm³/mol. The van der Waals surface area contributed by atoms with Crippen molar-refractivity contribution in [2.75, 3.05) is 13.1 Å². The average Bonchev–Trinajstić information content (AvgIpc) is 3.12. The normalized spacial score (nSPS) is 15.5. The van der Waals surface area contributed by atoms with E-state index in [4.69, 9.17) is 0 Å². The maximum atomic E-state index is 13.0. The Hall–Kier alpha value is -2.92. The van der Waals surface area contributed by atoms with Gasteiger partial charge >= 0.3 is 0 Å². The third-order valence-corrected chi connectivity index (χ3v) is 5.34. The van der Waals surface area contributed by atoms with Crippen LogP contribution in [0.2, 0.25) is 0 Å². The van der Waals surface area contributed by atoms with Gasteiger partial charge < -0.3 is 5.32 Å². The Kier molecular flexibility index (Phi) is 5.53. The highest BCUT2D eigenvalue weighted by molar-refractivity contribution is 5.94. The number of carbonyl (C=O) groups excluding carboxylic acids is 1. The lowest BCUT2D eigenvalue weighted by atomic mass is 10.0. The second kappa shape index (κ2) is 8.40. The number of hydrogen-bond donors (Lipinski definition) is 1. The number of para-hydroxylation sites is 1. The van der Waals surface area contributed by atoms with Crippen LogP contribution in [0.5, 0.6) is 0 Å². The molecule has 1 aliphatic rings. The van der Waals surface area contributed by atoms with Crippen molar-refractivity contribution in [3.63, 3.8) is 0 Å². The molecule has 2 heterocycles. The van der Waals surface area contributed by atoms with Crippen molar-refractivity contribution in [1.29, 1.82) is 0 Å². The number of carbonyl (C=O) groups is 1. The summed E-state index contributed by atoms with van der Waals surface area (Å²) in [5, 5.41) is 7.64. The van der Waals surface area contributed by atoms with Crippen LogP contribution in [-0.2, 0) is 6.54 Å². The van der Waals surface area contributed by atoms with Crippen molar-refractivity contribution in [2.24, 2.45) is 0 Å². The number of benzene rings is 2. The van der Waals surface area contributed by atoms with E-state index in [2.05, 4.69) is 39.6 Å². The van der Waals surface area contributed by atoms with E-state index in [0.29, 0.717) is 5.69 Å². The molecule has 1 N–H and O–H groups in total. The number of hydrogen-bond acceptors (Lipinski definition) is 3. The van der Waals surface area contributed by atoms with Crippen LogP contribution in [0.3, 0.4) is 0 Å². The van der Waals surface area contributed by atoms with Gasteiger partial charge in [0.1, 0.15) is 5.69 Å². The van der Waals surface area contributed by atoms with E-state index in [-0.39, 0.29) is 11.9 Å². The van der Waals surface area contributed by atoms with Crippen molar-refractivity contribution >= 4 is 5.91 Å². The summed E-state index contributed by atoms with van der Waals surface area (Å²) >= 11 is 0. The maximum Gasteiger partial charge on any atom is 0.270 e. The van der Waals surface area contributed by atoms with Crippen LogP contribution < -0.4 is 5.32 Å². The molecule has 0 radical (unpaired) electrons. The fourth-order valence-corrected chi connectivity index (χ4v) is 3.80. The van der Waals surface area contributed by atoms with Gasteiger partial charge in [-0.05, 0) is 37.5 Å². The van der Waals surface area contributed by atoms with Gasteiger partial charge in [0, 0.05) is 31.2 Å². The third kappa shape index (κ3) is 4.15. The number of nitrogens with zero attached hydrogens (tertiary/aromatic N) is 3. The highest BCUT2D eigenvalue weighted by Crippen LogP contribution is 2.17. The van der Waals surface area contributed by atoms with Gasteiger partial charge in [-0.3, -0.25) is 9.69 Å². The molecule has 1 aliphatic heterocycles. The zero-order chi connectivity index (χ0) is 19.3. The highest BCUT2D eigenvalue weighted by Gasteiger charge is 2.24. The summed E-state index contributed by atoms with van der Waals surface area (Å²) in [6.07, 6.45) is 3.69. The molecule has 1 aromatic heterocycles. The number of nitrogens with one attached hydrogen (secondary N) is 1. The maximum absolute atomic E-state index is 13.0. The molecular formula is C23H26N4O. The Morgan fingerprint density at radius 1 is 1.04 bits per heavy atom. The van der Waals surface area contributed by atoms with Crippen LogP contribution in [0.4, 0.5) is 0 Å². The van der Waals surface area contributed by atoms with E-state index >= 15 is 0 Å². The van der Waals surface area contributed by atoms with E-state index < -0.39 is 0 Å². The number of aryl methyl sites for hydroxylation is 1. The van der Waals surface area contributed by atoms with Gasteiger partial charge in [-0.1, -0.05) is 48.5 Å². The Balaban J connectivity index is 1.37. The highest BCUT2D eigenvalue weighted by atomic mass is 16.2. The minimum absolute atomic E-state index is 0.0413. The van der Waals surface area contributed by atoms with Crippen LogP contribution in [0.15, 0.2) is 66.9 Å². The van der Waals surface area contributed by atoms with E-state index in [1.54, 1.807) is 10.9 Å². The van der Waals surface area contributed by atoms with Gasteiger partial charge in [-0.15, -0.1) is 0 Å². The average molecular weight is 374 g/mol. The smallest absolute Gasteiger partial charge is 0.270 e. The summed E-state index contributed by atoms with van der Waals surface area (Å²) in [5.41, 5.74) is 3.76. The molecule has 0 aliphatic carbocycles. The molecule has 4 rings (SSSR count). The minimum Gasteiger partial charge on any atom is -0.348 e. The second-order valence-corrected chi connectivity index (χ2v) is 7.43. The summed E-state index contributed by atoms with van der Waals surface area (Å²) < 4.78 is 1.73. The van der Waals surface area contributed by atoms with Gasteiger partial charge in [0.05, 0.1) is 11.9 Å². The molecule has 3 aromatic rings. The molecular weight excluding hydrogens is 348 g/mol. The van der Waals surface area contributed by atoms with Crippen molar-refractivity contribution < 1.29 is 4.79 Å². The summed E-state index contributed by atoms with van der Waals surface area (Å²) in [7, 11) is 0. The quantitative estimate of drug-likeness (QED) is 0.743.